The van der Waals surface area contributed by atoms with Crippen molar-refractivity contribution in [3.8, 4) is 0 Å². The number of hydrogen-bond acceptors (Lipinski definition) is 6. The number of aromatic nitrogens is 3. The van der Waals surface area contributed by atoms with Crippen molar-refractivity contribution in [2.24, 2.45) is 11.5 Å². The molecule has 8 heteroatoms. The van der Waals surface area contributed by atoms with Gasteiger partial charge in [-0.3, -0.25) is 4.79 Å². The summed E-state index contributed by atoms with van der Waals surface area (Å²) in [5.41, 5.74) is 13.7. The maximum Gasteiger partial charge on any atom is 0.252 e. The van der Waals surface area contributed by atoms with Crippen LogP contribution >= 0.6 is 0 Å². The summed E-state index contributed by atoms with van der Waals surface area (Å²) in [6, 6.07) is 9.48. The van der Waals surface area contributed by atoms with Crippen molar-refractivity contribution < 1.29 is 4.79 Å². The van der Waals surface area contributed by atoms with Crippen LogP contribution in [0.3, 0.4) is 0 Å². The van der Waals surface area contributed by atoms with E-state index in [9.17, 15) is 4.79 Å². The molecule has 1 saturated carbocycles. The standard InChI is InChI=1S/C19H23N7O/c20-13-5-1-2-6-14(13)23-17-9-8-12(18(21)27)19(25-17)24-15-11-22-26-10-4-3-7-16(15)26/h3-4,7-11,13-14H,1-2,5-6,20H2,(H2,21,27)(H2,23,24,25). The zero-order valence-electron chi connectivity index (χ0n) is 14.9. The molecule has 1 aliphatic carbocycles. The first kappa shape index (κ1) is 17.3. The minimum absolute atomic E-state index is 0.104. The number of rotatable bonds is 5. The molecule has 1 amide bonds. The predicted octanol–water partition coefficient (Wildman–Crippen LogP) is 2.25. The Morgan fingerprint density at radius 3 is 2.85 bits per heavy atom. The van der Waals surface area contributed by atoms with Crippen molar-refractivity contribution >= 4 is 28.7 Å². The number of carbonyl (C=O) groups is 1. The highest BCUT2D eigenvalue weighted by molar-refractivity contribution is 5.99. The van der Waals surface area contributed by atoms with Gasteiger partial charge in [0.15, 0.2) is 0 Å². The summed E-state index contributed by atoms with van der Waals surface area (Å²) in [6.45, 7) is 0. The van der Waals surface area contributed by atoms with Crippen molar-refractivity contribution in [1.29, 1.82) is 0 Å². The second kappa shape index (κ2) is 7.24. The zero-order valence-corrected chi connectivity index (χ0v) is 14.9. The van der Waals surface area contributed by atoms with Crippen LogP contribution < -0.4 is 22.1 Å². The molecular weight excluding hydrogens is 342 g/mol. The van der Waals surface area contributed by atoms with E-state index >= 15 is 0 Å². The van der Waals surface area contributed by atoms with Crippen LogP contribution in [-0.4, -0.2) is 32.6 Å². The SMILES string of the molecule is NC(=O)c1ccc(NC2CCCCC2N)nc1Nc1cnn2ccccc12. The molecule has 0 aromatic carbocycles. The minimum Gasteiger partial charge on any atom is -0.366 e. The van der Waals surface area contributed by atoms with Crippen molar-refractivity contribution in [3.63, 3.8) is 0 Å². The lowest BCUT2D eigenvalue weighted by Crippen LogP contribution is -2.42. The Hall–Kier alpha value is -3.13. The highest BCUT2D eigenvalue weighted by Gasteiger charge is 2.22. The number of nitrogens with one attached hydrogen (secondary N) is 2. The Morgan fingerprint density at radius 1 is 1.19 bits per heavy atom. The van der Waals surface area contributed by atoms with E-state index < -0.39 is 5.91 Å². The molecule has 3 heterocycles. The molecule has 4 rings (SSSR count). The molecule has 1 fully saturated rings. The Balaban J connectivity index is 1.64. The van der Waals surface area contributed by atoms with Gasteiger partial charge in [-0.1, -0.05) is 18.9 Å². The Bertz CT molecular complexity index is 968. The van der Waals surface area contributed by atoms with Crippen LogP contribution in [-0.2, 0) is 0 Å². The van der Waals surface area contributed by atoms with Gasteiger partial charge in [0.2, 0.25) is 0 Å². The number of primary amides is 1. The second-order valence-corrected chi connectivity index (χ2v) is 6.87. The third-order valence-electron chi connectivity index (χ3n) is 4.99. The zero-order chi connectivity index (χ0) is 18.8. The van der Waals surface area contributed by atoms with Crippen LogP contribution in [0.1, 0.15) is 36.0 Å². The van der Waals surface area contributed by atoms with E-state index in [0.29, 0.717) is 17.2 Å². The van der Waals surface area contributed by atoms with Crippen LogP contribution in [0.5, 0.6) is 0 Å². The largest absolute Gasteiger partial charge is 0.366 e. The number of nitrogens with two attached hydrogens (primary N) is 2. The van der Waals surface area contributed by atoms with Crippen molar-refractivity contribution in [3.05, 3.63) is 48.3 Å². The smallest absolute Gasteiger partial charge is 0.252 e. The fourth-order valence-electron chi connectivity index (χ4n) is 3.52. The van der Waals surface area contributed by atoms with Gasteiger partial charge in [0.1, 0.15) is 11.6 Å². The molecule has 2 unspecified atom stereocenters. The van der Waals surface area contributed by atoms with E-state index in [0.717, 1.165) is 36.9 Å². The number of pyridine rings is 2. The van der Waals surface area contributed by atoms with Gasteiger partial charge in [-0.2, -0.15) is 5.10 Å². The van der Waals surface area contributed by atoms with Crippen LogP contribution in [0.4, 0.5) is 17.3 Å². The Morgan fingerprint density at radius 2 is 2.04 bits per heavy atom. The van der Waals surface area contributed by atoms with E-state index in [4.69, 9.17) is 11.5 Å². The van der Waals surface area contributed by atoms with Crippen molar-refractivity contribution in [1.82, 2.24) is 14.6 Å². The monoisotopic (exact) mass is 365 g/mol. The van der Waals surface area contributed by atoms with Gasteiger partial charge < -0.3 is 22.1 Å². The van der Waals surface area contributed by atoms with Crippen LogP contribution in [0.2, 0.25) is 0 Å². The van der Waals surface area contributed by atoms with E-state index in [2.05, 4.69) is 20.7 Å². The van der Waals surface area contributed by atoms with Crippen LogP contribution in [0, 0.1) is 0 Å². The maximum absolute atomic E-state index is 11.8. The van der Waals surface area contributed by atoms with Crippen molar-refractivity contribution in [2.45, 2.75) is 37.8 Å². The lowest BCUT2D eigenvalue weighted by Gasteiger charge is -2.29. The van der Waals surface area contributed by atoms with Gasteiger partial charge in [-0.05, 0) is 37.1 Å². The first-order valence-corrected chi connectivity index (χ1v) is 9.14. The average Bonchev–Trinajstić information content (AvgIpc) is 3.07. The van der Waals surface area contributed by atoms with E-state index in [1.807, 2.05) is 24.4 Å². The average molecular weight is 365 g/mol. The molecule has 0 bridgehead atoms. The van der Waals surface area contributed by atoms with Gasteiger partial charge in [0.05, 0.1) is 23.0 Å². The normalized spacial score (nSPS) is 19.7. The predicted molar refractivity (Wildman–Crippen MR) is 105 cm³/mol. The topological polar surface area (TPSA) is 123 Å². The molecule has 1 aliphatic rings. The van der Waals surface area contributed by atoms with E-state index in [1.54, 1.807) is 22.8 Å². The minimum atomic E-state index is -0.539. The molecule has 6 N–H and O–H groups in total. The highest BCUT2D eigenvalue weighted by atomic mass is 16.1. The van der Waals surface area contributed by atoms with Gasteiger partial charge in [-0.15, -0.1) is 0 Å². The summed E-state index contributed by atoms with van der Waals surface area (Å²) in [5, 5.41) is 10.9. The number of carbonyl (C=O) groups excluding carboxylic acids is 1. The third kappa shape index (κ3) is 3.56. The molecule has 140 valence electrons. The van der Waals surface area contributed by atoms with E-state index in [-0.39, 0.29) is 12.1 Å². The molecule has 0 radical (unpaired) electrons. The van der Waals surface area contributed by atoms with Gasteiger partial charge >= 0.3 is 0 Å². The molecule has 8 nitrogen and oxygen atoms in total. The summed E-state index contributed by atoms with van der Waals surface area (Å²) in [6.07, 6.45) is 7.87. The molecule has 3 aromatic heterocycles. The fourth-order valence-corrected chi connectivity index (χ4v) is 3.52. The Kier molecular flexibility index (Phi) is 4.64. The number of amides is 1. The Labute approximate surface area is 157 Å². The molecule has 0 saturated heterocycles. The van der Waals surface area contributed by atoms with Crippen molar-refractivity contribution in [2.75, 3.05) is 10.6 Å². The first-order chi connectivity index (χ1) is 13.1. The molecule has 3 aromatic rings. The number of hydrogen-bond donors (Lipinski definition) is 4. The molecule has 0 aliphatic heterocycles. The molecule has 0 spiro atoms. The highest BCUT2D eigenvalue weighted by Crippen LogP contribution is 2.26. The second-order valence-electron chi connectivity index (χ2n) is 6.87. The van der Waals surface area contributed by atoms with Crippen LogP contribution in [0.25, 0.3) is 5.52 Å². The van der Waals surface area contributed by atoms with Gasteiger partial charge in [-0.25, -0.2) is 9.50 Å². The van der Waals surface area contributed by atoms with E-state index in [1.165, 1.54) is 0 Å². The lowest BCUT2D eigenvalue weighted by atomic mass is 9.91. The fraction of sp³-hybridized carbons (Fsp3) is 0.316. The summed E-state index contributed by atoms with van der Waals surface area (Å²) in [5.74, 6) is 0.527. The summed E-state index contributed by atoms with van der Waals surface area (Å²) in [4.78, 5) is 16.4. The van der Waals surface area contributed by atoms with Gasteiger partial charge in [0.25, 0.3) is 5.91 Å². The third-order valence-corrected chi connectivity index (χ3v) is 4.99. The maximum atomic E-state index is 11.8. The molecule has 2 atom stereocenters. The number of nitrogens with zero attached hydrogens (tertiary/aromatic N) is 3. The lowest BCUT2D eigenvalue weighted by molar-refractivity contribution is 0.100. The summed E-state index contributed by atoms with van der Waals surface area (Å²) in [7, 11) is 0. The number of anilines is 3. The quantitative estimate of drug-likeness (QED) is 0.550. The van der Waals surface area contributed by atoms with Gasteiger partial charge in [0, 0.05) is 18.3 Å². The first-order valence-electron chi connectivity index (χ1n) is 9.14. The summed E-state index contributed by atoms with van der Waals surface area (Å²) >= 11 is 0. The molecular formula is C19H23N7O. The summed E-state index contributed by atoms with van der Waals surface area (Å²) < 4.78 is 1.75. The molecule has 27 heavy (non-hydrogen) atoms. The van der Waals surface area contributed by atoms with Crippen LogP contribution in [0.15, 0.2) is 42.7 Å². The number of fused-ring (bicyclic) bond motifs is 1.